The molecule has 1 aromatic carbocycles. The first kappa shape index (κ1) is 21.7. The van der Waals surface area contributed by atoms with Crippen LogP contribution in [0.3, 0.4) is 0 Å². The minimum atomic E-state index is -0.414. The maximum atomic E-state index is 13.4. The van der Waals surface area contributed by atoms with E-state index < -0.39 is 6.04 Å². The average molecular weight is 427 g/mol. The van der Waals surface area contributed by atoms with Gasteiger partial charge >= 0.3 is 0 Å². The normalized spacial score (nSPS) is 21.4. The Kier molecular flexibility index (Phi) is 6.23. The highest BCUT2D eigenvalue weighted by Gasteiger charge is 2.35. The van der Waals surface area contributed by atoms with E-state index in [9.17, 15) is 9.59 Å². The summed E-state index contributed by atoms with van der Waals surface area (Å²) in [5.74, 6) is 1.10. The molecule has 2 heterocycles. The molecule has 168 valence electrons. The first-order chi connectivity index (χ1) is 14.9. The standard InChI is InChI=1S/C24H34N4O3/c1-16-15-27(24(30)22(25)17-7-5-4-6-8-17)11-12-28(16)23(29)21-13-18-9-10-19(31-3)14-20(18)26(21)2/h9-10,13-14,16-17,22H,4-8,11-12,15,25H2,1-3H3/t16-,22?/m1/s1. The van der Waals surface area contributed by atoms with E-state index in [1.54, 1.807) is 7.11 Å². The SMILES string of the molecule is COc1ccc2cc(C(=O)N3CCN(C(=O)C(N)C4CCCCC4)C[C@H]3C)n(C)c2c1. The quantitative estimate of drug-likeness (QED) is 0.815. The van der Waals surface area contributed by atoms with E-state index in [1.165, 1.54) is 19.3 Å². The molecule has 1 saturated carbocycles. The number of aromatic nitrogens is 1. The molecule has 2 fully saturated rings. The highest BCUT2D eigenvalue weighted by molar-refractivity contribution is 5.99. The van der Waals surface area contributed by atoms with Crippen molar-refractivity contribution in [2.75, 3.05) is 26.7 Å². The van der Waals surface area contributed by atoms with E-state index >= 15 is 0 Å². The molecule has 0 bridgehead atoms. The van der Waals surface area contributed by atoms with Gasteiger partial charge in [0.2, 0.25) is 5.91 Å². The lowest BCUT2D eigenvalue weighted by Crippen LogP contribution is -2.59. The number of nitrogens with zero attached hydrogens (tertiary/aromatic N) is 3. The summed E-state index contributed by atoms with van der Waals surface area (Å²) in [5, 5.41) is 1.01. The number of amides is 2. The van der Waals surface area contributed by atoms with Crippen LogP contribution in [-0.2, 0) is 11.8 Å². The molecule has 1 unspecified atom stereocenters. The monoisotopic (exact) mass is 426 g/mol. The minimum Gasteiger partial charge on any atom is -0.497 e. The van der Waals surface area contributed by atoms with Gasteiger partial charge in [-0.25, -0.2) is 0 Å². The van der Waals surface area contributed by atoms with Crippen LogP contribution in [0.25, 0.3) is 10.9 Å². The second-order valence-electron chi connectivity index (χ2n) is 9.07. The van der Waals surface area contributed by atoms with E-state index in [-0.39, 0.29) is 17.9 Å². The molecule has 7 nitrogen and oxygen atoms in total. The molecule has 0 spiro atoms. The highest BCUT2D eigenvalue weighted by Crippen LogP contribution is 2.28. The number of rotatable bonds is 4. The molecule has 1 aliphatic carbocycles. The van der Waals surface area contributed by atoms with Gasteiger partial charge < -0.3 is 24.8 Å². The van der Waals surface area contributed by atoms with Crippen molar-refractivity contribution in [2.45, 2.75) is 51.1 Å². The van der Waals surface area contributed by atoms with Crippen molar-refractivity contribution in [1.82, 2.24) is 14.4 Å². The van der Waals surface area contributed by atoms with Crippen LogP contribution in [-0.4, -0.2) is 65.0 Å². The van der Waals surface area contributed by atoms with Crippen molar-refractivity contribution in [3.05, 3.63) is 30.0 Å². The zero-order valence-corrected chi connectivity index (χ0v) is 18.8. The molecule has 7 heteroatoms. The lowest BCUT2D eigenvalue weighted by Gasteiger charge is -2.41. The first-order valence-electron chi connectivity index (χ1n) is 11.4. The third-order valence-electron chi connectivity index (χ3n) is 7.11. The van der Waals surface area contributed by atoms with Gasteiger partial charge in [0.15, 0.2) is 0 Å². The summed E-state index contributed by atoms with van der Waals surface area (Å²) in [6.45, 7) is 3.60. The summed E-state index contributed by atoms with van der Waals surface area (Å²) >= 11 is 0. The molecule has 31 heavy (non-hydrogen) atoms. The van der Waals surface area contributed by atoms with Crippen LogP contribution in [0.15, 0.2) is 24.3 Å². The Balaban J connectivity index is 1.45. The number of aryl methyl sites for hydroxylation is 1. The van der Waals surface area contributed by atoms with Gasteiger partial charge in [-0.15, -0.1) is 0 Å². The fraction of sp³-hybridized carbons (Fsp3) is 0.583. The summed E-state index contributed by atoms with van der Waals surface area (Å²) in [5.41, 5.74) is 7.96. The van der Waals surface area contributed by atoms with Crippen LogP contribution in [0.4, 0.5) is 0 Å². The maximum Gasteiger partial charge on any atom is 0.270 e. The Bertz CT molecular complexity index is 963. The van der Waals surface area contributed by atoms with Crippen LogP contribution in [0.2, 0.25) is 0 Å². The van der Waals surface area contributed by atoms with Crippen molar-refractivity contribution in [1.29, 1.82) is 0 Å². The van der Waals surface area contributed by atoms with E-state index in [1.807, 2.05) is 52.6 Å². The first-order valence-corrected chi connectivity index (χ1v) is 11.4. The number of hydrogen-bond acceptors (Lipinski definition) is 4. The fourth-order valence-electron chi connectivity index (χ4n) is 5.15. The number of carbonyl (C=O) groups is 2. The van der Waals surface area contributed by atoms with Crippen LogP contribution in [0.1, 0.15) is 49.5 Å². The number of carbonyl (C=O) groups excluding carboxylic acids is 2. The summed E-state index contributed by atoms with van der Waals surface area (Å²) in [6.07, 6.45) is 5.68. The van der Waals surface area contributed by atoms with Crippen molar-refractivity contribution in [2.24, 2.45) is 18.7 Å². The molecule has 1 aliphatic heterocycles. The molecule has 2 amide bonds. The largest absolute Gasteiger partial charge is 0.497 e. The Labute approximate surface area is 184 Å². The van der Waals surface area contributed by atoms with E-state index in [2.05, 4.69) is 0 Å². The van der Waals surface area contributed by atoms with Gasteiger partial charge in [-0.1, -0.05) is 19.3 Å². The Morgan fingerprint density at radius 2 is 1.87 bits per heavy atom. The van der Waals surface area contributed by atoms with Gasteiger partial charge in [0, 0.05) is 44.2 Å². The Morgan fingerprint density at radius 3 is 2.55 bits per heavy atom. The van der Waals surface area contributed by atoms with E-state index in [4.69, 9.17) is 10.5 Å². The minimum absolute atomic E-state index is 0.00570. The molecule has 2 aliphatic rings. The van der Waals surface area contributed by atoms with Crippen LogP contribution >= 0.6 is 0 Å². The van der Waals surface area contributed by atoms with Crippen LogP contribution < -0.4 is 10.5 Å². The summed E-state index contributed by atoms with van der Waals surface area (Å²) in [6, 6.07) is 7.27. The van der Waals surface area contributed by atoms with Gasteiger partial charge in [-0.3, -0.25) is 9.59 Å². The molecule has 2 N–H and O–H groups in total. The van der Waals surface area contributed by atoms with Gasteiger partial charge in [0.25, 0.3) is 5.91 Å². The third-order valence-corrected chi connectivity index (χ3v) is 7.11. The molecular weight excluding hydrogens is 392 g/mol. The Hall–Kier alpha value is -2.54. The topological polar surface area (TPSA) is 80.8 Å². The number of ether oxygens (including phenoxy) is 1. The molecule has 2 atom stereocenters. The Morgan fingerprint density at radius 1 is 1.13 bits per heavy atom. The molecule has 2 aromatic rings. The van der Waals surface area contributed by atoms with E-state index in [0.717, 1.165) is 29.5 Å². The van der Waals surface area contributed by atoms with Crippen molar-refractivity contribution in [3.8, 4) is 5.75 Å². The summed E-state index contributed by atoms with van der Waals surface area (Å²) in [4.78, 5) is 30.1. The second kappa shape index (κ2) is 8.91. The van der Waals surface area contributed by atoms with Gasteiger partial charge in [0.1, 0.15) is 11.4 Å². The maximum absolute atomic E-state index is 13.4. The smallest absolute Gasteiger partial charge is 0.270 e. The van der Waals surface area contributed by atoms with Gasteiger partial charge in [-0.05, 0) is 43.9 Å². The number of hydrogen-bond donors (Lipinski definition) is 1. The molecular formula is C24H34N4O3. The van der Waals surface area contributed by atoms with Crippen molar-refractivity contribution >= 4 is 22.7 Å². The van der Waals surface area contributed by atoms with Crippen molar-refractivity contribution < 1.29 is 14.3 Å². The predicted molar refractivity (Wildman–Crippen MR) is 121 cm³/mol. The second-order valence-corrected chi connectivity index (χ2v) is 9.07. The van der Waals surface area contributed by atoms with Crippen molar-refractivity contribution in [3.63, 3.8) is 0 Å². The number of fused-ring (bicyclic) bond motifs is 1. The fourth-order valence-corrected chi connectivity index (χ4v) is 5.15. The zero-order chi connectivity index (χ0) is 22.1. The lowest BCUT2D eigenvalue weighted by molar-refractivity contribution is -0.136. The van der Waals surface area contributed by atoms with E-state index in [0.29, 0.717) is 31.2 Å². The molecule has 1 saturated heterocycles. The van der Waals surface area contributed by atoms with Gasteiger partial charge in [-0.2, -0.15) is 0 Å². The third kappa shape index (κ3) is 4.15. The summed E-state index contributed by atoms with van der Waals surface area (Å²) < 4.78 is 7.24. The number of benzene rings is 1. The highest BCUT2D eigenvalue weighted by atomic mass is 16.5. The molecule has 4 rings (SSSR count). The van der Waals surface area contributed by atoms with Crippen LogP contribution in [0.5, 0.6) is 5.75 Å². The molecule has 1 aromatic heterocycles. The van der Waals surface area contributed by atoms with Crippen LogP contribution in [0, 0.1) is 5.92 Å². The lowest BCUT2D eigenvalue weighted by atomic mass is 9.83. The number of piperazine rings is 1. The van der Waals surface area contributed by atoms with Gasteiger partial charge in [0.05, 0.1) is 18.7 Å². The summed E-state index contributed by atoms with van der Waals surface area (Å²) in [7, 11) is 3.54. The number of methoxy groups -OCH3 is 1. The molecule has 0 radical (unpaired) electrons. The predicted octanol–water partition coefficient (Wildman–Crippen LogP) is 2.77. The number of nitrogens with two attached hydrogens (primary N) is 1. The average Bonchev–Trinajstić information content (AvgIpc) is 3.13. The zero-order valence-electron chi connectivity index (χ0n) is 18.8.